The molecule has 1 aliphatic rings. The van der Waals surface area contributed by atoms with Crippen molar-refractivity contribution in [2.45, 2.75) is 32.2 Å². The second kappa shape index (κ2) is 8.76. The predicted octanol–water partition coefficient (Wildman–Crippen LogP) is 2.11. The lowest BCUT2D eigenvalue weighted by Gasteiger charge is -2.33. The summed E-state index contributed by atoms with van der Waals surface area (Å²) in [7, 11) is 2.04. The standard InChI is InChI=1S/C19H27N5O/c1-23(15-18-6-2-3-9-20-18)12-8-19(25)24-11-4-5-16(14-24)13-17-7-10-21-22-17/h2-3,6-7,9-10,16H,4-5,8,11-15H2,1H3,(H,21,22)/t16-/m0/s1. The molecule has 0 bridgehead atoms. The lowest BCUT2D eigenvalue weighted by molar-refractivity contribution is -0.133. The molecule has 25 heavy (non-hydrogen) atoms. The van der Waals surface area contributed by atoms with Crippen LogP contribution in [0, 0.1) is 5.92 Å². The van der Waals surface area contributed by atoms with Crippen molar-refractivity contribution in [3.63, 3.8) is 0 Å². The lowest BCUT2D eigenvalue weighted by Crippen LogP contribution is -2.41. The van der Waals surface area contributed by atoms with Crippen molar-refractivity contribution in [2.24, 2.45) is 5.92 Å². The fourth-order valence-electron chi connectivity index (χ4n) is 3.46. The van der Waals surface area contributed by atoms with Crippen LogP contribution in [0.15, 0.2) is 36.7 Å². The Morgan fingerprint density at radius 1 is 1.36 bits per heavy atom. The Morgan fingerprint density at radius 3 is 3.04 bits per heavy atom. The average molecular weight is 341 g/mol. The molecule has 0 aromatic carbocycles. The van der Waals surface area contributed by atoms with E-state index in [9.17, 15) is 4.79 Å². The smallest absolute Gasteiger partial charge is 0.223 e. The van der Waals surface area contributed by atoms with E-state index in [4.69, 9.17) is 0 Å². The van der Waals surface area contributed by atoms with Crippen molar-refractivity contribution < 1.29 is 4.79 Å². The van der Waals surface area contributed by atoms with E-state index in [-0.39, 0.29) is 5.91 Å². The van der Waals surface area contributed by atoms with Crippen LogP contribution < -0.4 is 0 Å². The molecule has 1 fully saturated rings. The second-order valence-corrected chi connectivity index (χ2v) is 6.94. The van der Waals surface area contributed by atoms with Crippen molar-refractivity contribution in [3.05, 3.63) is 48.0 Å². The predicted molar refractivity (Wildman–Crippen MR) is 96.8 cm³/mol. The fraction of sp³-hybridized carbons (Fsp3) is 0.526. The van der Waals surface area contributed by atoms with E-state index in [0.717, 1.165) is 50.4 Å². The van der Waals surface area contributed by atoms with Gasteiger partial charge < -0.3 is 9.80 Å². The number of piperidine rings is 1. The summed E-state index contributed by atoms with van der Waals surface area (Å²) in [5.41, 5.74) is 2.20. The zero-order valence-electron chi connectivity index (χ0n) is 14.9. The second-order valence-electron chi connectivity index (χ2n) is 6.94. The highest BCUT2D eigenvalue weighted by atomic mass is 16.2. The van der Waals surface area contributed by atoms with E-state index in [1.165, 1.54) is 6.42 Å². The number of aromatic amines is 1. The number of hydrogen-bond acceptors (Lipinski definition) is 4. The van der Waals surface area contributed by atoms with E-state index in [2.05, 4.69) is 20.1 Å². The maximum Gasteiger partial charge on any atom is 0.223 e. The lowest BCUT2D eigenvalue weighted by atomic mass is 9.93. The van der Waals surface area contributed by atoms with Crippen LogP contribution in [0.2, 0.25) is 0 Å². The third kappa shape index (κ3) is 5.39. The van der Waals surface area contributed by atoms with E-state index in [1.807, 2.05) is 42.4 Å². The quantitative estimate of drug-likeness (QED) is 0.838. The molecule has 6 heteroatoms. The number of rotatable bonds is 7. The highest BCUT2D eigenvalue weighted by molar-refractivity contribution is 5.76. The Kier molecular flexibility index (Phi) is 6.17. The summed E-state index contributed by atoms with van der Waals surface area (Å²) in [6.07, 6.45) is 7.42. The number of carbonyl (C=O) groups excluding carboxylic acids is 1. The first kappa shape index (κ1) is 17.6. The number of aromatic nitrogens is 3. The van der Waals surface area contributed by atoms with Gasteiger partial charge in [-0.2, -0.15) is 5.10 Å². The van der Waals surface area contributed by atoms with Crippen LogP contribution in [0.5, 0.6) is 0 Å². The summed E-state index contributed by atoms with van der Waals surface area (Å²) in [6, 6.07) is 7.95. The van der Waals surface area contributed by atoms with Gasteiger partial charge in [0.15, 0.2) is 0 Å². The molecule has 134 valence electrons. The molecule has 1 N–H and O–H groups in total. The molecule has 0 radical (unpaired) electrons. The van der Waals surface area contributed by atoms with Crippen LogP contribution >= 0.6 is 0 Å². The van der Waals surface area contributed by atoms with Crippen LogP contribution in [-0.4, -0.2) is 57.6 Å². The third-order valence-corrected chi connectivity index (χ3v) is 4.80. The summed E-state index contributed by atoms with van der Waals surface area (Å²) < 4.78 is 0. The normalized spacial score (nSPS) is 17.8. The number of nitrogens with one attached hydrogen (secondary N) is 1. The molecular formula is C19H27N5O. The first-order valence-electron chi connectivity index (χ1n) is 9.05. The first-order chi connectivity index (χ1) is 12.2. The molecule has 0 saturated carbocycles. The van der Waals surface area contributed by atoms with Gasteiger partial charge in [-0.25, -0.2) is 0 Å². The number of hydrogen-bond donors (Lipinski definition) is 1. The number of likely N-dealkylation sites (tertiary alicyclic amines) is 1. The van der Waals surface area contributed by atoms with Gasteiger partial charge >= 0.3 is 0 Å². The number of amides is 1. The summed E-state index contributed by atoms with van der Waals surface area (Å²) in [5.74, 6) is 0.798. The minimum atomic E-state index is 0.266. The first-order valence-corrected chi connectivity index (χ1v) is 9.05. The zero-order chi connectivity index (χ0) is 17.5. The summed E-state index contributed by atoms with van der Waals surface area (Å²) in [4.78, 5) is 21.1. The summed E-state index contributed by atoms with van der Waals surface area (Å²) in [5, 5.41) is 7.03. The number of carbonyl (C=O) groups is 1. The van der Waals surface area contributed by atoms with Gasteiger partial charge in [-0.05, 0) is 50.4 Å². The van der Waals surface area contributed by atoms with Crippen molar-refractivity contribution >= 4 is 5.91 Å². The molecule has 6 nitrogen and oxygen atoms in total. The van der Waals surface area contributed by atoms with E-state index >= 15 is 0 Å². The van der Waals surface area contributed by atoms with Crippen LogP contribution in [0.4, 0.5) is 0 Å². The van der Waals surface area contributed by atoms with E-state index in [1.54, 1.807) is 6.20 Å². The molecule has 1 amide bonds. The minimum absolute atomic E-state index is 0.266. The van der Waals surface area contributed by atoms with E-state index in [0.29, 0.717) is 12.3 Å². The van der Waals surface area contributed by atoms with Crippen molar-refractivity contribution in [2.75, 3.05) is 26.7 Å². The Balaban J connectivity index is 1.42. The van der Waals surface area contributed by atoms with Crippen molar-refractivity contribution in [3.8, 4) is 0 Å². The number of H-pyrrole nitrogens is 1. The molecule has 1 atom stereocenters. The molecule has 2 aromatic rings. The average Bonchev–Trinajstić information content (AvgIpc) is 3.14. The van der Waals surface area contributed by atoms with Gasteiger partial charge in [-0.15, -0.1) is 0 Å². The van der Waals surface area contributed by atoms with Crippen LogP contribution in [0.25, 0.3) is 0 Å². The molecule has 0 unspecified atom stereocenters. The SMILES string of the molecule is CN(CCC(=O)N1CCC[C@@H](Cc2ccn[nH]2)C1)Cc1ccccn1. The highest BCUT2D eigenvalue weighted by Crippen LogP contribution is 2.20. The maximum absolute atomic E-state index is 12.6. The van der Waals surface area contributed by atoms with Gasteiger partial charge in [-0.1, -0.05) is 6.07 Å². The molecular weight excluding hydrogens is 314 g/mol. The largest absolute Gasteiger partial charge is 0.342 e. The minimum Gasteiger partial charge on any atom is -0.342 e. The van der Waals surface area contributed by atoms with Gasteiger partial charge in [0.1, 0.15) is 0 Å². The van der Waals surface area contributed by atoms with Gasteiger partial charge in [0.05, 0.1) is 5.69 Å². The van der Waals surface area contributed by atoms with Gasteiger partial charge in [0.2, 0.25) is 5.91 Å². The molecule has 3 rings (SSSR count). The van der Waals surface area contributed by atoms with Crippen molar-refractivity contribution in [1.29, 1.82) is 0 Å². The highest BCUT2D eigenvalue weighted by Gasteiger charge is 2.24. The number of pyridine rings is 1. The molecule has 0 aliphatic carbocycles. The van der Waals surface area contributed by atoms with Crippen LogP contribution in [0.3, 0.4) is 0 Å². The molecule has 2 aromatic heterocycles. The fourth-order valence-corrected chi connectivity index (χ4v) is 3.46. The Morgan fingerprint density at radius 2 is 2.28 bits per heavy atom. The Bertz CT molecular complexity index is 643. The number of nitrogens with zero attached hydrogens (tertiary/aromatic N) is 4. The monoisotopic (exact) mass is 341 g/mol. The van der Waals surface area contributed by atoms with Gasteiger partial charge in [0, 0.05) is 50.7 Å². The Hall–Kier alpha value is -2.21. The molecule has 1 aliphatic heterocycles. The zero-order valence-corrected chi connectivity index (χ0v) is 14.9. The summed E-state index contributed by atoms with van der Waals surface area (Å²) >= 11 is 0. The molecule has 3 heterocycles. The van der Waals surface area contributed by atoms with Gasteiger partial charge in [-0.3, -0.25) is 14.9 Å². The van der Waals surface area contributed by atoms with Crippen molar-refractivity contribution in [1.82, 2.24) is 25.0 Å². The maximum atomic E-state index is 12.6. The third-order valence-electron chi connectivity index (χ3n) is 4.80. The topological polar surface area (TPSA) is 65.1 Å². The van der Waals surface area contributed by atoms with Gasteiger partial charge in [0.25, 0.3) is 0 Å². The van der Waals surface area contributed by atoms with E-state index < -0.39 is 0 Å². The molecule has 0 spiro atoms. The van der Waals surface area contributed by atoms with Crippen LogP contribution in [0.1, 0.15) is 30.7 Å². The van der Waals surface area contributed by atoms with Crippen LogP contribution in [-0.2, 0) is 17.8 Å². The molecule has 1 saturated heterocycles. The summed E-state index contributed by atoms with van der Waals surface area (Å²) in [6.45, 7) is 3.29. The Labute approximate surface area is 149 Å².